The second-order valence-electron chi connectivity index (χ2n) is 6.84. The maximum atomic E-state index is 11.1. The zero-order chi connectivity index (χ0) is 22.5. The molecule has 0 amide bonds. The molecule has 0 aliphatic heterocycles. The number of hydrogen-bond donors (Lipinski definition) is 1. The number of aromatic carboxylic acids is 1. The Kier molecular flexibility index (Phi) is 6.15. The summed E-state index contributed by atoms with van der Waals surface area (Å²) < 4.78 is 11.2. The van der Waals surface area contributed by atoms with Gasteiger partial charge in [-0.05, 0) is 52.9 Å². The molecule has 0 unspecified atom stereocenters. The van der Waals surface area contributed by atoms with Crippen LogP contribution in [0.25, 0.3) is 21.7 Å². The van der Waals surface area contributed by atoms with Gasteiger partial charge in [-0.15, -0.1) is 11.3 Å². The first-order valence-corrected chi connectivity index (χ1v) is 10.6. The molecule has 0 atom stereocenters. The van der Waals surface area contributed by atoms with Crippen LogP contribution in [0.15, 0.2) is 72.1 Å². The summed E-state index contributed by atoms with van der Waals surface area (Å²) in [5, 5.41) is 20.9. The second kappa shape index (κ2) is 9.33. The highest BCUT2D eigenvalue weighted by Crippen LogP contribution is 2.35. The fourth-order valence-electron chi connectivity index (χ4n) is 3.18. The first kappa shape index (κ1) is 21.1. The molecule has 0 saturated heterocycles. The quantitative estimate of drug-likeness (QED) is 0.398. The minimum absolute atomic E-state index is 0.150. The van der Waals surface area contributed by atoms with E-state index in [9.17, 15) is 10.1 Å². The van der Waals surface area contributed by atoms with Gasteiger partial charge in [0, 0.05) is 5.56 Å². The number of carboxylic acids is 1. The average Bonchev–Trinajstić information content (AvgIpc) is 3.37. The highest BCUT2D eigenvalue weighted by atomic mass is 32.1. The summed E-state index contributed by atoms with van der Waals surface area (Å²) in [4.78, 5) is 16.6. The van der Waals surface area contributed by atoms with Crippen molar-refractivity contribution in [3.05, 3.63) is 88.8 Å². The number of carboxylic acid groups (broad SMARTS) is 1. The topological polar surface area (TPSA) is 92.4 Å². The molecule has 0 aliphatic rings. The van der Waals surface area contributed by atoms with Crippen LogP contribution in [0.1, 0.15) is 21.5 Å². The molecular weight excluding hydrogens is 424 g/mol. The molecule has 2 aromatic carbocycles. The summed E-state index contributed by atoms with van der Waals surface area (Å²) in [6.45, 7) is 0.150. The van der Waals surface area contributed by atoms with Gasteiger partial charge >= 0.3 is 5.97 Å². The lowest BCUT2D eigenvalue weighted by Gasteiger charge is -2.13. The van der Waals surface area contributed by atoms with Crippen LogP contribution in [0.4, 0.5) is 0 Å². The normalized spacial score (nSPS) is 10.4. The molecule has 1 N–H and O–H groups in total. The summed E-state index contributed by atoms with van der Waals surface area (Å²) in [6, 6.07) is 21.9. The van der Waals surface area contributed by atoms with Crippen molar-refractivity contribution in [1.29, 1.82) is 5.26 Å². The number of ether oxygens (including phenoxy) is 2. The van der Waals surface area contributed by atoms with E-state index in [0.29, 0.717) is 16.8 Å². The number of methoxy groups -OCH3 is 1. The molecule has 4 rings (SSSR count). The van der Waals surface area contributed by atoms with Crippen LogP contribution >= 0.6 is 11.3 Å². The van der Waals surface area contributed by atoms with E-state index >= 15 is 0 Å². The third-order valence-electron chi connectivity index (χ3n) is 4.85. The van der Waals surface area contributed by atoms with Gasteiger partial charge < -0.3 is 14.6 Å². The highest BCUT2D eigenvalue weighted by molar-refractivity contribution is 7.13. The number of pyridine rings is 1. The molecule has 0 aliphatic carbocycles. The van der Waals surface area contributed by atoms with E-state index in [-0.39, 0.29) is 18.1 Å². The monoisotopic (exact) mass is 442 g/mol. The fraction of sp³-hybridized carbons (Fsp3) is 0.0800. The Morgan fingerprint density at radius 3 is 2.47 bits per heavy atom. The molecule has 2 aromatic heterocycles. The Bertz CT molecular complexity index is 1280. The van der Waals surface area contributed by atoms with E-state index < -0.39 is 5.97 Å². The molecule has 4 aromatic rings. The van der Waals surface area contributed by atoms with Crippen molar-refractivity contribution in [2.45, 2.75) is 6.61 Å². The van der Waals surface area contributed by atoms with Crippen molar-refractivity contribution in [1.82, 2.24) is 4.98 Å². The van der Waals surface area contributed by atoms with Crippen LogP contribution in [-0.2, 0) is 6.61 Å². The molecule has 0 bridgehead atoms. The van der Waals surface area contributed by atoms with Gasteiger partial charge in [0.15, 0.2) is 0 Å². The summed E-state index contributed by atoms with van der Waals surface area (Å²) in [5.41, 5.74) is 3.57. The maximum absolute atomic E-state index is 11.1. The van der Waals surface area contributed by atoms with E-state index in [1.54, 1.807) is 30.6 Å². The molecule has 0 saturated carbocycles. The van der Waals surface area contributed by atoms with E-state index in [1.807, 2.05) is 47.8 Å². The summed E-state index contributed by atoms with van der Waals surface area (Å²) >= 11 is 1.55. The highest BCUT2D eigenvalue weighted by Gasteiger charge is 2.17. The lowest BCUT2D eigenvalue weighted by molar-refractivity contribution is 0.0697. The molecule has 2 heterocycles. The smallest absolute Gasteiger partial charge is 0.335 e. The van der Waals surface area contributed by atoms with E-state index in [0.717, 1.165) is 21.8 Å². The predicted molar refractivity (Wildman–Crippen MR) is 122 cm³/mol. The van der Waals surface area contributed by atoms with E-state index in [4.69, 9.17) is 14.6 Å². The van der Waals surface area contributed by atoms with Crippen molar-refractivity contribution in [2.75, 3.05) is 7.11 Å². The number of carbonyl (C=O) groups is 1. The minimum Gasteiger partial charge on any atom is -0.497 e. The number of thiophene rings is 1. The SMILES string of the molecule is COc1ccc(-c2cc(-c3cccs3)nc(OCc3ccc(C(=O)O)cc3)c2C#N)cc1. The lowest BCUT2D eigenvalue weighted by atomic mass is 10.00. The average molecular weight is 442 g/mol. The fourth-order valence-corrected chi connectivity index (χ4v) is 3.86. The van der Waals surface area contributed by atoms with E-state index in [1.165, 1.54) is 12.1 Å². The second-order valence-corrected chi connectivity index (χ2v) is 7.79. The van der Waals surface area contributed by atoms with Gasteiger partial charge in [0.2, 0.25) is 5.88 Å². The van der Waals surface area contributed by atoms with Crippen LogP contribution in [-0.4, -0.2) is 23.2 Å². The van der Waals surface area contributed by atoms with Crippen LogP contribution in [0.5, 0.6) is 11.6 Å². The van der Waals surface area contributed by atoms with Crippen molar-refractivity contribution in [2.24, 2.45) is 0 Å². The van der Waals surface area contributed by atoms with Crippen molar-refractivity contribution in [3.63, 3.8) is 0 Å². The first-order valence-electron chi connectivity index (χ1n) is 9.67. The van der Waals surface area contributed by atoms with Gasteiger partial charge in [0.25, 0.3) is 0 Å². The number of aromatic nitrogens is 1. The largest absolute Gasteiger partial charge is 0.497 e. The first-order chi connectivity index (χ1) is 15.6. The van der Waals surface area contributed by atoms with Crippen LogP contribution in [0, 0.1) is 11.3 Å². The number of nitrogens with zero attached hydrogens (tertiary/aromatic N) is 2. The van der Waals surface area contributed by atoms with Gasteiger partial charge in [0.05, 0.1) is 23.2 Å². The standard InChI is InChI=1S/C25H18N2O4S/c1-30-19-10-8-17(9-11-19)20-13-22(23-3-2-12-32-23)27-24(21(20)14-26)31-15-16-4-6-18(7-5-16)25(28)29/h2-13H,15H2,1H3,(H,28,29). The Balaban J connectivity index is 1.73. The van der Waals surface area contributed by atoms with Gasteiger partial charge in [-0.25, -0.2) is 9.78 Å². The minimum atomic E-state index is -0.987. The Morgan fingerprint density at radius 2 is 1.88 bits per heavy atom. The van der Waals surface area contributed by atoms with Gasteiger partial charge in [-0.1, -0.05) is 30.3 Å². The van der Waals surface area contributed by atoms with Crippen molar-refractivity contribution >= 4 is 17.3 Å². The summed E-state index contributed by atoms with van der Waals surface area (Å²) in [7, 11) is 1.60. The van der Waals surface area contributed by atoms with Crippen LogP contribution in [0.2, 0.25) is 0 Å². The summed E-state index contributed by atoms with van der Waals surface area (Å²) in [6.07, 6.45) is 0. The van der Waals surface area contributed by atoms with Crippen LogP contribution < -0.4 is 9.47 Å². The van der Waals surface area contributed by atoms with Crippen molar-refractivity contribution < 1.29 is 19.4 Å². The van der Waals surface area contributed by atoms with Gasteiger partial charge in [-0.2, -0.15) is 5.26 Å². The molecule has 32 heavy (non-hydrogen) atoms. The zero-order valence-corrected chi connectivity index (χ0v) is 17.9. The predicted octanol–water partition coefficient (Wildman–Crippen LogP) is 5.63. The lowest BCUT2D eigenvalue weighted by Crippen LogP contribution is -2.03. The van der Waals surface area contributed by atoms with Crippen LogP contribution in [0.3, 0.4) is 0 Å². The zero-order valence-electron chi connectivity index (χ0n) is 17.1. The van der Waals surface area contributed by atoms with Gasteiger partial charge in [-0.3, -0.25) is 0 Å². The Labute approximate surface area is 188 Å². The molecule has 0 spiro atoms. The molecular formula is C25H18N2O4S. The van der Waals surface area contributed by atoms with E-state index in [2.05, 4.69) is 11.1 Å². The number of rotatable bonds is 7. The summed E-state index contributed by atoms with van der Waals surface area (Å²) in [5.74, 6) is -0.0358. The maximum Gasteiger partial charge on any atom is 0.335 e. The Morgan fingerprint density at radius 1 is 1.12 bits per heavy atom. The van der Waals surface area contributed by atoms with Crippen molar-refractivity contribution in [3.8, 4) is 39.4 Å². The third-order valence-corrected chi connectivity index (χ3v) is 5.74. The molecule has 7 heteroatoms. The number of hydrogen-bond acceptors (Lipinski definition) is 6. The number of nitriles is 1. The van der Waals surface area contributed by atoms with Gasteiger partial charge in [0.1, 0.15) is 24.0 Å². The number of benzene rings is 2. The molecule has 0 fully saturated rings. The molecule has 6 nitrogen and oxygen atoms in total. The molecule has 0 radical (unpaired) electrons. The third kappa shape index (κ3) is 4.46. The Hall–Kier alpha value is -4.15. The molecule has 158 valence electrons.